The van der Waals surface area contributed by atoms with Crippen molar-refractivity contribution < 1.29 is 47.2 Å². The summed E-state index contributed by atoms with van der Waals surface area (Å²) in [5, 5.41) is 3.11. The van der Waals surface area contributed by atoms with Crippen molar-refractivity contribution in [3.05, 3.63) is 89.0 Å². The quantitative estimate of drug-likeness (QED) is 0.207. The Hall–Kier alpha value is -2.25. The summed E-state index contributed by atoms with van der Waals surface area (Å²) in [6, 6.07) is 22.2. The van der Waals surface area contributed by atoms with Gasteiger partial charge in [-0.05, 0) is 48.9 Å². The van der Waals surface area contributed by atoms with E-state index in [4.69, 9.17) is 9.68 Å². The van der Waals surface area contributed by atoms with E-state index in [1.807, 2.05) is 56.4 Å². The van der Waals surface area contributed by atoms with Crippen LogP contribution in [0.5, 0.6) is 0 Å². The van der Waals surface area contributed by atoms with Gasteiger partial charge in [0, 0.05) is 51.0 Å². The second kappa shape index (κ2) is 12.6. The molecule has 0 saturated heterocycles. The number of rotatable bonds is 10. The first-order valence-corrected chi connectivity index (χ1v) is 9.69. The molecule has 0 aromatic heterocycles. The van der Waals surface area contributed by atoms with E-state index in [0.29, 0.717) is 18.8 Å². The Kier molecular flexibility index (Phi) is 10.1. The Morgan fingerprint density at radius 3 is 2.26 bits per heavy atom. The number of carbonyl (C=O) groups excluding carboxylic acids is 1. The van der Waals surface area contributed by atoms with Crippen LogP contribution in [0.25, 0.3) is 0 Å². The smallest absolute Gasteiger partial charge is 0.159 e. The van der Waals surface area contributed by atoms with Crippen LogP contribution >= 0.6 is 0 Å². The summed E-state index contributed by atoms with van der Waals surface area (Å²) in [5.41, 5.74) is 12.3. The molecule has 159 valence electrons. The maximum absolute atomic E-state index is 11.3. The molecule has 0 aliphatic carbocycles. The number of hydrogen-bond acceptors (Lipinski definition) is 6. The maximum Gasteiger partial charge on any atom is 0.159 e. The maximum atomic E-state index is 11.3. The molecule has 31 heavy (non-hydrogen) atoms. The van der Waals surface area contributed by atoms with Crippen molar-refractivity contribution in [2.24, 2.45) is 0 Å². The summed E-state index contributed by atoms with van der Waals surface area (Å²) in [5.74, 6) is 0.0530. The molecular weight excluding hydrogens is 467 g/mol. The van der Waals surface area contributed by atoms with E-state index in [1.54, 1.807) is 19.1 Å². The van der Waals surface area contributed by atoms with Crippen molar-refractivity contribution in [1.82, 2.24) is 0 Å². The molecule has 0 unspecified atom stereocenters. The summed E-state index contributed by atoms with van der Waals surface area (Å²) in [6.07, 6.45) is 0. The molecule has 0 amide bonds. The fourth-order valence-corrected chi connectivity index (χ4v) is 2.77. The minimum absolute atomic E-state index is 0. The third-order valence-electron chi connectivity index (χ3n) is 4.59. The summed E-state index contributed by atoms with van der Waals surface area (Å²) in [6.45, 7) is 4.35. The number of ketones is 1. The number of nitrogens with one attached hydrogen (secondary N) is 3. The zero-order chi connectivity index (χ0) is 21.3. The van der Waals surface area contributed by atoms with Crippen LogP contribution in [0.2, 0.25) is 0 Å². The van der Waals surface area contributed by atoms with E-state index in [9.17, 15) is 4.79 Å². The molecule has 0 aliphatic heterocycles. The molecule has 0 bridgehead atoms. The minimum atomic E-state index is 0. The Morgan fingerprint density at radius 1 is 0.935 bits per heavy atom. The van der Waals surface area contributed by atoms with Crippen LogP contribution < -0.4 is 16.3 Å². The van der Waals surface area contributed by atoms with E-state index in [2.05, 4.69) is 28.4 Å². The van der Waals surface area contributed by atoms with Gasteiger partial charge in [-0.1, -0.05) is 24.3 Å². The Bertz CT molecular complexity index is 976. The number of carbonyl (C=O) groups is 1. The van der Waals surface area contributed by atoms with Crippen LogP contribution in [0, 0.1) is 13.0 Å². The first kappa shape index (κ1) is 25.0. The van der Waals surface area contributed by atoms with Crippen LogP contribution in [0.4, 0.5) is 17.1 Å². The van der Waals surface area contributed by atoms with Gasteiger partial charge >= 0.3 is 0 Å². The summed E-state index contributed by atoms with van der Waals surface area (Å²) >= 11 is 0. The molecule has 0 heterocycles. The van der Waals surface area contributed by atoms with Crippen molar-refractivity contribution in [3.8, 4) is 0 Å². The Morgan fingerprint density at radius 2 is 1.65 bits per heavy atom. The van der Waals surface area contributed by atoms with Gasteiger partial charge in [-0.15, -0.1) is 11.6 Å². The minimum Gasteiger partial charge on any atom is -0.388 e. The first-order valence-electron chi connectivity index (χ1n) is 9.69. The van der Waals surface area contributed by atoms with E-state index >= 15 is 0 Å². The van der Waals surface area contributed by atoms with Crippen molar-refractivity contribution in [2.75, 3.05) is 23.3 Å². The number of hydrogen-bond donors (Lipinski definition) is 3. The third-order valence-corrected chi connectivity index (χ3v) is 4.59. The van der Waals surface area contributed by atoms with Gasteiger partial charge in [0.15, 0.2) is 5.78 Å². The van der Waals surface area contributed by atoms with Gasteiger partial charge in [0.05, 0.1) is 18.9 Å². The normalized spacial score (nSPS) is 10.2. The largest absolute Gasteiger partial charge is 0.388 e. The summed E-state index contributed by atoms with van der Waals surface area (Å²) < 4.78 is 0. The number of anilines is 3. The predicted octanol–water partition coefficient (Wildman–Crippen LogP) is 5.12. The Labute approximate surface area is 208 Å². The molecule has 1 radical (unpaired) electrons. The molecule has 3 aromatic rings. The fraction of sp³-hybridized carbons (Fsp3) is 0.208. The molecule has 3 aromatic carbocycles. The molecule has 0 saturated carbocycles. The second-order valence-corrected chi connectivity index (χ2v) is 6.92. The molecule has 6 nitrogen and oxygen atoms in total. The Balaban J connectivity index is 0.00000341. The molecule has 3 rings (SSSR count). The van der Waals surface area contributed by atoms with Crippen LogP contribution in [0.1, 0.15) is 34.0 Å². The zero-order valence-corrected chi connectivity index (χ0v) is 20.8. The van der Waals surface area contributed by atoms with Gasteiger partial charge in [0.25, 0.3) is 0 Å². The number of benzene rings is 3. The molecule has 0 fully saturated rings. The first-order chi connectivity index (χ1) is 14.5. The van der Waals surface area contributed by atoms with Crippen LogP contribution in [0.3, 0.4) is 0 Å². The van der Waals surface area contributed by atoms with Crippen LogP contribution in [-0.2, 0) is 55.6 Å². The fourth-order valence-electron chi connectivity index (χ4n) is 2.77. The number of Topliss-reactive ketones (excluding diaryl/α,β-unsaturated/α-hetero) is 1. The van der Waals surface area contributed by atoms with E-state index in [1.165, 1.54) is 0 Å². The van der Waals surface area contributed by atoms with Crippen LogP contribution in [0.15, 0.2) is 60.7 Å². The number of aryl methyl sites for hydroxylation is 1. The SMILES string of the molecule is CNc1ccc(NOCc2[c-]cc(NOCc3ccc(C(C)=O)cc3)cc2)c(C)c1.[Y]. The van der Waals surface area contributed by atoms with Gasteiger partial charge in [0.2, 0.25) is 0 Å². The standard InChI is InChI=1S/C24H26N3O3.Y/c1-17-14-23(25-3)12-13-24(17)27-30-16-20-6-10-22(11-7-20)26-29-15-19-4-8-21(9-5-19)18(2)28;/h4-6,8-14,25-27H,15-16H2,1-3H3;/q-1;. The van der Waals surface area contributed by atoms with Crippen molar-refractivity contribution in [3.63, 3.8) is 0 Å². The van der Waals surface area contributed by atoms with E-state index in [-0.39, 0.29) is 38.5 Å². The van der Waals surface area contributed by atoms with Crippen molar-refractivity contribution in [2.45, 2.75) is 27.1 Å². The topological polar surface area (TPSA) is 71.6 Å². The third kappa shape index (κ3) is 7.74. The van der Waals surface area contributed by atoms with Gasteiger partial charge in [-0.25, -0.2) is 0 Å². The summed E-state index contributed by atoms with van der Waals surface area (Å²) in [4.78, 5) is 22.4. The van der Waals surface area contributed by atoms with Gasteiger partial charge in [-0.2, -0.15) is 18.2 Å². The molecule has 0 spiro atoms. The molecule has 0 aliphatic rings. The second-order valence-electron chi connectivity index (χ2n) is 6.92. The summed E-state index contributed by atoms with van der Waals surface area (Å²) in [7, 11) is 1.89. The average molecular weight is 493 g/mol. The molecule has 0 atom stereocenters. The van der Waals surface area contributed by atoms with Crippen molar-refractivity contribution >= 4 is 22.8 Å². The van der Waals surface area contributed by atoms with Gasteiger partial charge in [0.1, 0.15) is 0 Å². The predicted molar refractivity (Wildman–Crippen MR) is 119 cm³/mol. The van der Waals surface area contributed by atoms with Crippen molar-refractivity contribution in [1.29, 1.82) is 0 Å². The average Bonchev–Trinajstić information content (AvgIpc) is 2.76. The van der Waals surface area contributed by atoms with Gasteiger partial charge < -0.3 is 10.8 Å². The monoisotopic (exact) mass is 493 g/mol. The van der Waals surface area contributed by atoms with Crippen LogP contribution in [-0.4, -0.2) is 12.8 Å². The molecule has 7 heteroatoms. The van der Waals surface area contributed by atoms with Gasteiger partial charge in [-0.3, -0.25) is 19.9 Å². The molecule has 3 N–H and O–H groups in total. The zero-order valence-electron chi connectivity index (χ0n) is 18.0. The van der Waals surface area contributed by atoms with E-state index in [0.717, 1.165) is 33.8 Å². The van der Waals surface area contributed by atoms with E-state index < -0.39 is 0 Å². The molecular formula is C24H26N3O3Y-.